The molecule has 2 atom stereocenters. The van der Waals surface area contributed by atoms with Crippen LogP contribution in [0.1, 0.15) is 24.8 Å². The highest BCUT2D eigenvalue weighted by Crippen LogP contribution is 2.33. The Morgan fingerprint density at radius 3 is 2.48 bits per heavy atom. The van der Waals surface area contributed by atoms with Crippen molar-refractivity contribution in [2.75, 3.05) is 7.05 Å². The molecule has 7 heteroatoms. The number of nitrogens with zero attached hydrogens (tertiary/aromatic N) is 2. The van der Waals surface area contributed by atoms with E-state index in [0.29, 0.717) is 34.9 Å². The minimum Gasteiger partial charge on any atom is -0.212 e. The third-order valence-corrected chi connectivity index (χ3v) is 6.84. The number of sulfonamides is 1. The van der Waals surface area contributed by atoms with Crippen LogP contribution in [0.2, 0.25) is 10.0 Å². The zero-order valence-corrected chi connectivity index (χ0v) is 13.9. The summed E-state index contributed by atoms with van der Waals surface area (Å²) < 4.78 is 26.4. The van der Waals surface area contributed by atoms with Gasteiger partial charge in [-0.1, -0.05) is 29.3 Å². The van der Waals surface area contributed by atoms with Crippen molar-refractivity contribution < 1.29 is 8.42 Å². The fourth-order valence-electron chi connectivity index (χ4n) is 2.58. The fraction of sp³-hybridized carbons (Fsp3) is 0.500. The molecule has 0 saturated heterocycles. The highest BCUT2D eigenvalue weighted by Gasteiger charge is 2.37. The second-order valence-electron chi connectivity index (χ2n) is 5.26. The van der Waals surface area contributed by atoms with Crippen molar-refractivity contribution in [3.8, 4) is 6.07 Å². The van der Waals surface area contributed by atoms with Gasteiger partial charge in [-0.3, -0.25) is 0 Å². The summed E-state index contributed by atoms with van der Waals surface area (Å²) >= 11 is 12.2. The largest absolute Gasteiger partial charge is 0.217 e. The van der Waals surface area contributed by atoms with Gasteiger partial charge in [0.15, 0.2) is 0 Å². The van der Waals surface area contributed by atoms with Crippen molar-refractivity contribution in [1.29, 1.82) is 5.26 Å². The summed E-state index contributed by atoms with van der Waals surface area (Å²) in [6.07, 6.45) is 1.57. The zero-order chi connectivity index (χ0) is 15.6. The van der Waals surface area contributed by atoms with Crippen molar-refractivity contribution in [2.45, 2.75) is 31.1 Å². The van der Waals surface area contributed by atoms with Crippen molar-refractivity contribution in [1.82, 2.24) is 4.31 Å². The molecule has 0 N–H and O–H groups in total. The highest BCUT2D eigenvalue weighted by molar-refractivity contribution is 7.89. The standard InChI is InChI=1S/C14H16Cl2N2O2S/c1-18(9-12-13(15)3-2-4-14(12)16)21(19,20)11-6-5-10(7-11)8-17/h2-4,10-11H,5-7,9H2,1H3. The van der Waals surface area contributed by atoms with E-state index in [9.17, 15) is 8.42 Å². The van der Waals surface area contributed by atoms with Crippen molar-refractivity contribution in [3.63, 3.8) is 0 Å². The molecule has 0 aromatic heterocycles. The molecule has 2 rings (SSSR count). The van der Waals surface area contributed by atoms with E-state index in [1.165, 1.54) is 11.4 Å². The summed E-state index contributed by atoms with van der Waals surface area (Å²) in [5, 5.41) is 9.31. The third kappa shape index (κ3) is 3.51. The van der Waals surface area contributed by atoms with E-state index in [1.54, 1.807) is 18.2 Å². The van der Waals surface area contributed by atoms with E-state index in [4.69, 9.17) is 28.5 Å². The molecule has 1 aliphatic carbocycles. The van der Waals surface area contributed by atoms with Crippen molar-refractivity contribution in [3.05, 3.63) is 33.8 Å². The van der Waals surface area contributed by atoms with Crippen LogP contribution >= 0.6 is 23.2 Å². The zero-order valence-electron chi connectivity index (χ0n) is 11.6. The van der Waals surface area contributed by atoms with Gasteiger partial charge in [-0.05, 0) is 31.4 Å². The molecule has 2 unspecified atom stereocenters. The number of benzene rings is 1. The van der Waals surface area contributed by atoms with Crippen LogP contribution in [0.15, 0.2) is 18.2 Å². The van der Waals surface area contributed by atoms with Crippen LogP contribution in [0.3, 0.4) is 0 Å². The summed E-state index contributed by atoms with van der Waals surface area (Å²) in [6.45, 7) is 0.133. The first-order valence-electron chi connectivity index (χ1n) is 6.64. The molecule has 1 fully saturated rings. The van der Waals surface area contributed by atoms with E-state index < -0.39 is 15.3 Å². The molecule has 0 amide bonds. The van der Waals surface area contributed by atoms with E-state index in [-0.39, 0.29) is 12.5 Å². The van der Waals surface area contributed by atoms with Gasteiger partial charge in [-0.2, -0.15) is 5.26 Å². The van der Waals surface area contributed by atoms with Crippen LogP contribution < -0.4 is 0 Å². The predicted octanol–water partition coefficient (Wildman–Crippen LogP) is 3.45. The van der Waals surface area contributed by atoms with Gasteiger partial charge >= 0.3 is 0 Å². The molecule has 21 heavy (non-hydrogen) atoms. The quantitative estimate of drug-likeness (QED) is 0.838. The SMILES string of the molecule is CN(Cc1c(Cl)cccc1Cl)S(=O)(=O)C1CCC(C#N)C1. The number of nitriles is 1. The molecule has 0 bridgehead atoms. The first-order valence-corrected chi connectivity index (χ1v) is 8.90. The van der Waals surface area contributed by atoms with E-state index in [2.05, 4.69) is 6.07 Å². The van der Waals surface area contributed by atoms with Crippen molar-refractivity contribution >= 4 is 33.2 Å². The summed E-state index contributed by atoms with van der Waals surface area (Å²) in [6, 6.07) is 7.24. The highest BCUT2D eigenvalue weighted by atomic mass is 35.5. The number of hydrogen-bond donors (Lipinski definition) is 0. The Balaban J connectivity index is 2.16. The first-order chi connectivity index (χ1) is 9.86. The minimum atomic E-state index is -3.45. The number of halogens is 2. The molecule has 1 aromatic rings. The number of hydrogen-bond acceptors (Lipinski definition) is 3. The average molecular weight is 347 g/mol. The average Bonchev–Trinajstić information content (AvgIpc) is 2.92. The molecule has 4 nitrogen and oxygen atoms in total. The first kappa shape index (κ1) is 16.6. The van der Waals surface area contributed by atoms with Crippen LogP contribution in [0, 0.1) is 17.2 Å². The van der Waals surface area contributed by atoms with Gasteiger partial charge in [0.1, 0.15) is 0 Å². The van der Waals surface area contributed by atoms with E-state index in [0.717, 1.165) is 0 Å². The van der Waals surface area contributed by atoms with Crippen LogP contribution in [0.5, 0.6) is 0 Å². The predicted molar refractivity (Wildman–Crippen MR) is 83.6 cm³/mol. The van der Waals surface area contributed by atoms with Gasteiger partial charge < -0.3 is 0 Å². The lowest BCUT2D eigenvalue weighted by molar-refractivity contribution is 0.454. The Bertz CT molecular complexity index is 650. The molecule has 1 aromatic carbocycles. The Morgan fingerprint density at radius 1 is 1.33 bits per heavy atom. The maximum Gasteiger partial charge on any atom is 0.217 e. The monoisotopic (exact) mass is 346 g/mol. The Hall–Kier alpha value is -0.800. The summed E-state index contributed by atoms with van der Waals surface area (Å²) in [7, 11) is -1.93. The van der Waals surface area contributed by atoms with Crippen molar-refractivity contribution in [2.24, 2.45) is 5.92 Å². The molecule has 0 heterocycles. The van der Waals surface area contributed by atoms with Gasteiger partial charge in [0.05, 0.1) is 11.3 Å². The van der Waals surface area contributed by atoms with Crippen LogP contribution in [0.25, 0.3) is 0 Å². The molecule has 0 spiro atoms. The summed E-state index contributed by atoms with van der Waals surface area (Å²) in [4.78, 5) is 0. The smallest absolute Gasteiger partial charge is 0.212 e. The molecule has 114 valence electrons. The van der Waals surface area contributed by atoms with Gasteiger partial charge in [0.2, 0.25) is 10.0 Å². The lowest BCUT2D eigenvalue weighted by Crippen LogP contribution is -2.34. The Morgan fingerprint density at radius 2 is 1.95 bits per heavy atom. The minimum absolute atomic E-state index is 0.133. The van der Waals surface area contributed by atoms with E-state index >= 15 is 0 Å². The second-order valence-corrected chi connectivity index (χ2v) is 8.40. The van der Waals surface area contributed by atoms with Gasteiger partial charge in [-0.15, -0.1) is 0 Å². The van der Waals surface area contributed by atoms with Gasteiger partial charge in [-0.25, -0.2) is 12.7 Å². The summed E-state index contributed by atoms with van der Waals surface area (Å²) in [5.74, 6) is -0.165. The maximum absolute atomic E-state index is 12.6. The maximum atomic E-state index is 12.6. The fourth-order valence-corrected chi connectivity index (χ4v) is 4.82. The Labute approximate surface area is 135 Å². The van der Waals surface area contributed by atoms with Gasteiger partial charge in [0, 0.05) is 35.1 Å². The Kier molecular flexibility index (Phi) is 5.15. The normalized spacial score (nSPS) is 22.4. The molecular weight excluding hydrogens is 331 g/mol. The van der Waals surface area contributed by atoms with Gasteiger partial charge in [0.25, 0.3) is 0 Å². The van der Waals surface area contributed by atoms with E-state index in [1.807, 2.05) is 0 Å². The lowest BCUT2D eigenvalue weighted by Gasteiger charge is -2.22. The third-order valence-electron chi connectivity index (χ3n) is 3.87. The second kappa shape index (κ2) is 6.53. The van der Waals surface area contributed by atoms with Crippen LogP contribution in [-0.2, 0) is 16.6 Å². The summed E-state index contributed by atoms with van der Waals surface area (Å²) in [5.41, 5.74) is 0.599. The van der Waals surface area contributed by atoms with Crippen LogP contribution in [0.4, 0.5) is 0 Å². The topological polar surface area (TPSA) is 61.2 Å². The molecule has 0 aliphatic heterocycles. The lowest BCUT2D eigenvalue weighted by atomic mass is 10.1. The molecule has 1 saturated carbocycles. The molecule has 0 radical (unpaired) electrons. The number of rotatable bonds is 4. The van der Waals surface area contributed by atoms with Crippen LogP contribution in [-0.4, -0.2) is 25.0 Å². The molecule has 1 aliphatic rings. The molecular formula is C14H16Cl2N2O2S.